The Bertz CT molecular complexity index is 1220. The maximum atomic E-state index is 14.0. The Morgan fingerprint density at radius 3 is 2.62 bits per heavy atom. The third kappa shape index (κ3) is 4.01. The molecule has 2 aromatic rings. The molecule has 3 unspecified atom stereocenters. The van der Waals surface area contributed by atoms with E-state index in [4.69, 9.17) is 4.74 Å². The second-order valence-corrected chi connectivity index (χ2v) is 11.0. The van der Waals surface area contributed by atoms with Crippen molar-refractivity contribution in [1.82, 2.24) is 10.2 Å². The highest BCUT2D eigenvalue weighted by Gasteiger charge is 2.79. The van der Waals surface area contributed by atoms with Gasteiger partial charge in [0.15, 0.2) is 0 Å². The standard InChI is InChI=1S/C29H37N3O5/c1-4-13-30-25(34)22-23-27(36)32(14-7-8-15-33)24(29(23)17-18(2)28(22,3)37-29)26(35)31-21-12-11-19-9-5-6-10-20(19)16-21/h5-6,9-12,16,18,22-24,33H,4,7-8,13-15,17H2,1-3H3,(H,30,34)(H,31,35)/t18?,22-,23+,24?,28+,29?/m1/s1. The van der Waals surface area contributed by atoms with Crippen LogP contribution in [0, 0.1) is 17.8 Å². The van der Waals surface area contributed by atoms with Crippen LogP contribution in [0.15, 0.2) is 42.5 Å². The molecule has 2 bridgehead atoms. The molecule has 0 aliphatic carbocycles. The van der Waals surface area contributed by atoms with Crippen LogP contribution in [0.4, 0.5) is 5.69 Å². The van der Waals surface area contributed by atoms with Gasteiger partial charge in [0.05, 0.1) is 17.4 Å². The maximum absolute atomic E-state index is 14.0. The van der Waals surface area contributed by atoms with Gasteiger partial charge in [0.2, 0.25) is 17.7 Å². The van der Waals surface area contributed by atoms with Crippen molar-refractivity contribution >= 4 is 34.2 Å². The number of nitrogens with one attached hydrogen (secondary N) is 2. The molecule has 0 aromatic heterocycles. The molecule has 3 amide bonds. The summed E-state index contributed by atoms with van der Waals surface area (Å²) in [4.78, 5) is 43.0. The van der Waals surface area contributed by atoms with Gasteiger partial charge in [-0.15, -0.1) is 0 Å². The third-order valence-electron chi connectivity index (χ3n) is 8.72. The molecular weight excluding hydrogens is 470 g/mol. The molecule has 0 saturated carbocycles. The smallest absolute Gasteiger partial charge is 0.250 e. The average molecular weight is 508 g/mol. The van der Waals surface area contributed by atoms with Crippen LogP contribution in [0.2, 0.25) is 0 Å². The molecule has 3 fully saturated rings. The minimum absolute atomic E-state index is 0.00212. The van der Waals surface area contributed by atoms with Crippen molar-refractivity contribution in [1.29, 1.82) is 0 Å². The van der Waals surface area contributed by atoms with Crippen LogP contribution in [0.5, 0.6) is 0 Å². The fraction of sp³-hybridized carbons (Fsp3) is 0.552. The first kappa shape index (κ1) is 25.7. The summed E-state index contributed by atoms with van der Waals surface area (Å²) in [6.45, 7) is 6.81. The van der Waals surface area contributed by atoms with Crippen LogP contribution in [-0.4, -0.2) is 64.7 Å². The van der Waals surface area contributed by atoms with Gasteiger partial charge in [-0.25, -0.2) is 0 Å². The van der Waals surface area contributed by atoms with Gasteiger partial charge < -0.3 is 25.4 Å². The Hall–Kier alpha value is -2.97. The lowest BCUT2D eigenvalue weighted by Gasteiger charge is -2.36. The highest BCUT2D eigenvalue weighted by Crippen LogP contribution is 2.65. The number of rotatable bonds is 9. The molecule has 6 atom stereocenters. The quantitative estimate of drug-likeness (QED) is 0.452. The van der Waals surface area contributed by atoms with Crippen LogP contribution in [0.3, 0.4) is 0 Å². The molecule has 198 valence electrons. The Morgan fingerprint density at radius 1 is 1.14 bits per heavy atom. The largest absolute Gasteiger partial charge is 0.396 e. The number of nitrogens with zero attached hydrogens (tertiary/aromatic N) is 1. The van der Waals surface area contributed by atoms with Gasteiger partial charge in [-0.05, 0) is 61.4 Å². The predicted octanol–water partition coefficient (Wildman–Crippen LogP) is 3.09. The van der Waals surface area contributed by atoms with Crippen molar-refractivity contribution < 1.29 is 24.2 Å². The van der Waals surface area contributed by atoms with Crippen LogP contribution < -0.4 is 10.6 Å². The van der Waals surface area contributed by atoms with Crippen molar-refractivity contribution in [2.45, 2.75) is 63.7 Å². The lowest BCUT2D eigenvalue weighted by Crippen LogP contribution is -2.54. The number of anilines is 1. The summed E-state index contributed by atoms with van der Waals surface area (Å²) in [6, 6.07) is 12.8. The van der Waals surface area contributed by atoms with E-state index in [0.717, 1.165) is 17.2 Å². The van der Waals surface area contributed by atoms with Gasteiger partial charge in [0.1, 0.15) is 11.6 Å². The first-order valence-electron chi connectivity index (χ1n) is 13.5. The number of ether oxygens (including phenoxy) is 1. The second-order valence-electron chi connectivity index (χ2n) is 11.0. The molecule has 2 aromatic carbocycles. The normalized spacial score (nSPS) is 32.1. The molecule has 8 nitrogen and oxygen atoms in total. The highest BCUT2D eigenvalue weighted by atomic mass is 16.5. The topological polar surface area (TPSA) is 108 Å². The summed E-state index contributed by atoms with van der Waals surface area (Å²) >= 11 is 0. The van der Waals surface area contributed by atoms with E-state index in [1.807, 2.05) is 63.2 Å². The second kappa shape index (κ2) is 9.72. The van der Waals surface area contributed by atoms with Gasteiger partial charge >= 0.3 is 0 Å². The van der Waals surface area contributed by atoms with Crippen LogP contribution in [0.1, 0.15) is 46.5 Å². The number of hydrogen-bond donors (Lipinski definition) is 3. The van der Waals surface area contributed by atoms with Crippen molar-refractivity contribution in [3.8, 4) is 0 Å². The number of benzene rings is 2. The summed E-state index contributed by atoms with van der Waals surface area (Å²) in [7, 11) is 0. The Morgan fingerprint density at radius 2 is 1.89 bits per heavy atom. The molecule has 8 heteroatoms. The number of carbonyl (C=O) groups excluding carboxylic acids is 3. The van der Waals surface area contributed by atoms with E-state index >= 15 is 0 Å². The number of hydrogen-bond acceptors (Lipinski definition) is 5. The Balaban J connectivity index is 1.51. The zero-order chi connectivity index (χ0) is 26.4. The van der Waals surface area contributed by atoms with Gasteiger partial charge in [-0.2, -0.15) is 0 Å². The summed E-state index contributed by atoms with van der Waals surface area (Å²) in [5.74, 6) is -2.06. The minimum Gasteiger partial charge on any atom is -0.396 e. The number of amides is 3. The summed E-state index contributed by atoms with van der Waals surface area (Å²) in [5.41, 5.74) is -1.24. The number of aliphatic hydroxyl groups excluding tert-OH is 1. The number of unbranched alkanes of at least 4 members (excludes halogenated alkanes) is 1. The molecule has 3 heterocycles. The fourth-order valence-electron chi connectivity index (χ4n) is 6.91. The van der Waals surface area contributed by atoms with E-state index in [0.29, 0.717) is 38.0 Å². The molecule has 3 aliphatic rings. The van der Waals surface area contributed by atoms with E-state index in [1.165, 1.54) is 0 Å². The summed E-state index contributed by atoms with van der Waals surface area (Å²) < 4.78 is 6.71. The minimum atomic E-state index is -1.07. The van der Waals surface area contributed by atoms with Gasteiger partial charge in [-0.1, -0.05) is 44.2 Å². The third-order valence-corrected chi connectivity index (χ3v) is 8.72. The number of aliphatic hydroxyl groups is 1. The lowest BCUT2D eigenvalue weighted by molar-refractivity contribution is -0.146. The van der Waals surface area contributed by atoms with E-state index in [9.17, 15) is 19.5 Å². The average Bonchev–Trinajstić information content (AvgIpc) is 3.39. The first-order valence-corrected chi connectivity index (χ1v) is 13.5. The van der Waals surface area contributed by atoms with Crippen molar-refractivity contribution in [3.05, 3.63) is 42.5 Å². The van der Waals surface area contributed by atoms with Crippen molar-refractivity contribution in [2.24, 2.45) is 17.8 Å². The molecule has 37 heavy (non-hydrogen) atoms. The molecule has 3 N–H and O–H groups in total. The zero-order valence-electron chi connectivity index (χ0n) is 21.8. The van der Waals surface area contributed by atoms with E-state index < -0.39 is 29.1 Å². The summed E-state index contributed by atoms with van der Waals surface area (Å²) in [5, 5.41) is 17.4. The van der Waals surface area contributed by atoms with E-state index in [-0.39, 0.29) is 30.2 Å². The molecule has 5 rings (SSSR count). The van der Waals surface area contributed by atoms with Crippen LogP contribution >= 0.6 is 0 Å². The van der Waals surface area contributed by atoms with Gasteiger partial charge in [0.25, 0.3) is 0 Å². The Labute approximate surface area is 217 Å². The molecule has 3 aliphatic heterocycles. The number of fused-ring (bicyclic) bond motifs is 2. The molecule has 0 radical (unpaired) electrons. The van der Waals surface area contributed by atoms with Crippen LogP contribution in [-0.2, 0) is 19.1 Å². The maximum Gasteiger partial charge on any atom is 0.250 e. The fourth-order valence-corrected chi connectivity index (χ4v) is 6.91. The monoisotopic (exact) mass is 507 g/mol. The Kier molecular flexibility index (Phi) is 6.75. The number of likely N-dealkylation sites (tertiary alicyclic amines) is 1. The lowest BCUT2D eigenvalue weighted by atomic mass is 9.62. The van der Waals surface area contributed by atoms with Crippen molar-refractivity contribution in [3.63, 3.8) is 0 Å². The van der Waals surface area contributed by atoms with Crippen LogP contribution in [0.25, 0.3) is 10.8 Å². The van der Waals surface area contributed by atoms with Gasteiger partial charge in [0, 0.05) is 25.4 Å². The predicted molar refractivity (Wildman–Crippen MR) is 141 cm³/mol. The summed E-state index contributed by atoms with van der Waals surface area (Å²) in [6.07, 6.45) is 2.41. The molecular formula is C29H37N3O5. The van der Waals surface area contributed by atoms with Crippen molar-refractivity contribution in [2.75, 3.05) is 25.0 Å². The molecule has 3 saturated heterocycles. The first-order chi connectivity index (χ1) is 17.8. The van der Waals surface area contributed by atoms with Gasteiger partial charge in [-0.3, -0.25) is 14.4 Å². The SMILES string of the molecule is CCCNC(=O)[C@H]1[C@H]2C(=O)N(CCCCO)C(C(=O)Nc3ccc4ccccc4c3)C23CC(C)[C@]1(C)O3. The number of carbonyl (C=O) groups is 3. The van der Waals surface area contributed by atoms with E-state index in [2.05, 4.69) is 10.6 Å². The highest BCUT2D eigenvalue weighted by molar-refractivity contribution is 6.04. The van der Waals surface area contributed by atoms with E-state index in [1.54, 1.807) is 4.90 Å². The zero-order valence-corrected chi connectivity index (χ0v) is 21.8. The molecule has 1 spiro atoms.